The second kappa shape index (κ2) is 6.86. The number of hydrogen-bond acceptors (Lipinski definition) is 4. The van der Waals surface area contributed by atoms with Crippen LogP contribution in [0.15, 0.2) is 116 Å². The van der Waals surface area contributed by atoms with Gasteiger partial charge in [0.05, 0.1) is 45.6 Å². The number of aliphatic imine (C=N–C) groups is 4. The van der Waals surface area contributed by atoms with Gasteiger partial charge in [0, 0.05) is 0 Å². The summed E-state index contributed by atoms with van der Waals surface area (Å²) in [6, 6.07) is 0. The molecule has 5 aliphatic rings. The average molecular weight is 348 g/mol. The van der Waals surface area contributed by atoms with Gasteiger partial charge in [0.1, 0.15) is 0 Å². The van der Waals surface area contributed by atoms with Crippen molar-refractivity contribution in [2.45, 2.75) is 0 Å². The van der Waals surface area contributed by atoms with E-state index in [1.165, 1.54) is 0 Å². The van der Waals surface area contributed by atoms with E-state index < -0.39 is 0 Å². The molecule has 5 rings (SSSR count). The van der Waals surface area contributed by atoms with Crippen molar-refractivity contribution in [3.05, 3.63) is 95.7 Å². The molecule has 5 heteroatoms. The molecule has 0 aromatic rings. The van der Waals surface area contributed by atoms with Gasteiger partial charge in [-0.25, -0.2) is 20.0 Å². The quantitative estimate of drug-likeness (QED) is 0.605. The summed E-state index contributed by atoms with van der Waals surface area (Å²) in [5.74, 6) is 0. The van der Waals surface area contributed by atoms with Gasteiger partial charge in [-0.05, 0) is 72.9 Å². The molecule has 0 aromatic carbocycles. The summed E-state index contributed by atoms with van der Waals surface area (Å²) in [6.07, 6.45) is 23.8. The molecule has 0 amide bonds. The normalized spacial score (nSPS) is 21.8. The Hall–Kier alpha value is -1.76. The minimum atomic E-state index is 0. The fourth-order valence-corrected chi connectivity index (χ4v) is 2.83. The third-order valence-corrected chi connectivity index (χ3v) is 3.92. The zero-order valence-corrected chi connectivity index (χ0v) is 12.7. The molecule has 0 atom stereocenters. The fourth-order valence-electron chi connectivity index (χ4n) is 2.83. The minimum absolute atomic E-state index is 0. The molecule has 0 spiro atoms. The molecule has 0 aliphatic carbocycles. The first-order valence-corrected chi connectivity index (χ1v) is 7.74. The van der Waals surface area contributed by atoms with Gasteiger partial charge in [-0.1, -0.05) is 0 Å². The zero-order chi connectivity index (χ0) is 15.9. The summed E-state index contributed by atoms with van der Waals surface area (Å²) < 4.78 is 0. The summed E-state index contributed by atoms with van der Waals surface area (Å²) in [4.78, 5) is 18.4. The number of nitrogens with zero attached hydrogens (tertiary/aromatic N) is 4. The van der Waals surface area contributed by atoms with E-state index in [9.17, 15) is 0 Å². The van der Waals surface area contributed by atoms with Crippen molar-refractivity contribution in [3.63, 3.8) is 0 Å². The number of allylic oxidation sites excluding steroid dienone is 12. The van der Waals surface area contributed by atoms with Crippen molar-refractivity contribution in [1.29, 1.82) is 0 Å². The van der Waals surface area contributed by atoms with E-state index in [0.717, 1.165) is 45.6 Å². The van der Waals surface area contributed by atoms with E-state index in [4.69, 9.17) is 0 Å². The number of rotatable bonds is 0. The Kier molecular flexibility index (Phi) is 4.58. The summed E-state index contributed by atoms with van der Waals surface area (Å²) in [6.45, 7) is 0. The molecule has 5 aliphatic heterocycles. The van der Waals surface area contributed by atoms with Crippen LogP contribution in [0.1, 0.15) is 0 Å². The molecular formula is C20H13KN4. The van der Waals surface area contributed by atoms with Gasteiger partial charge < -0.3 is 0 Å². The van der Waals surface area contributed by atoms with Crippen molar-refractivity contribution in [3.8, 4) is 0 Å². The Morgan fingerprint density at radius 1 is 0.360 bits per heavy atom. The van der Waals surface area contributed by atoms with E-state index in [0.29, 0.717) is 0 Å². The van der Waals surface area contributed by atoms with E-state index in [-0.39, 0.29) is 51.4 Å². The molecule has 0 saturated heterocycles. The van der Waals surface area contributed by atoms with Crippen molar-refractivity contribution in [2.75, 3.05) is 0 Å². The van der Waals surface area contributed by atoms with Crippen LogP contribution in [-0.2, 0) is 0 Å². The molecular weight excluding hydrogens is 335 g/mol. The predicted octanol–water partition coefficient (Wildman–Crippen LogP) is 2.93. The molecule has 5 heterocycles. The average Bonchev–Trinajstić information content (AvgIpc) is 3.32. The predicted molar refractivity (Wildman–Crippen MR) is 106 cm³/mol. The summed E-state index contributed by atoms with van der Waals surface area (Å²) in [5, 5.41) is 0. The molecule has 114 valence electrons. The topological polar surface area (TPSA) is 49.4 Å². The molecule has 8 bridgehead atoms. The van der Waals surface area contributed by atoms with Crippen LogP contribution < -0.4 is 0 Å². The summed E-state index contributed by atoms with van der Waals surface area (Å²) in [7, 11) is 0. The van der Waals surface area contributed by atoms with Gasteiger partial charge in [0.25, 0.3) is 0 Å². The van der Waals surface area contributed by atoms with Crippen LogP contribution in [0.25, 0.3) is 0 Å². The molecule has 25 heavy (non-hydrogen) atoms. The maximum atomic E-state index is 4.59. The molecule has 0 unspecified atom stereocenters. The third kappa shape index (κ3) is 3.61. The SMILES string of the molecule is C1=CC2=NC1=CC1=NC(=CC3=NC(=CC4=NC(=C2)C=C4)C=C3)C=C1.[KH]. The standard InChI is InChI=1S/C20H12N4.K.H/c1-2-14-10-16-5-6-18(23-16)12-20-8-7-19(24-20)11-17-4-3-15(22-17)9-13(1)21-14;;/h1-12H;;. The van der Waals surface area contributed by atoms with Crippen LogP contribution in [0.3, 0.4) is 0 Å². The van der Waals surface area contributed by atoms with E-state index >= 15 is 0 Å². The monoisotopic (exact) mass is 348 g/mol. The summed E-state index contributed by atoms with van der Waals surface area (Å²) in [5.41, 5.74) is 7.15. The van der Waals surface area contributed by atoms with Gasteiger partial charge in [0.2, 0.25) is 0 Å². The van der Waals surface area contributed by atoms with Crippen LogP contribution in [0.4, 0.5) is 0 Å². The van der Waals surface area contributed by atoms with Gasteiger partial charge in [-0.15, -0.1) is 0 Å². The molecule has 0 fully saturated rings. The Labute approximate surface area is 188 Å². The van der Waals surface area contributed by atoms with Crippen LogP contribution in [-0.4, -0.2) is 74.2 Å². The first kappa shape index (κ1) is 16.7. The van der Waals surface area contributed by atoms with Crippen molar-refractivity contribution < 1.29 is 0 Å². The Bertz CT molecular complexity index is 848. The van der Waals surface area contributed by atoms with Crippen molar-refractivity contribution in [2.24, 2.45) is 20.0 Å². The molecule has 0 radical (unpaired) electrons. The molecule has 0 saturated carbocycles. The Balaban J connectivity index is 0.00000157. The molecule has 4 nitrogen and oxygen atoms in total. The second-order valence-electron chi connectivity index (χ2n) is 5.76. The Morgan fingerprint density at radius 2 is 0.600 bits per heavy atom. The van der Waals surface area contributed by atoms with E-state index in [1.807, 2.05) is 72.9 Å². The summed E-state index contributed by atoms with van der Waals surface area (Å²) >= 11 is 0. The number of hydrogen-bond donors (Lipinski definition) is 0. The van der Waals surface area contributed by atoms with Gasteiger partial charge in [0.15, 0.2) is 0 Å². The second-order valence-corrected chi connectivity index (χ2v) is 5.76. The molecule has 0 aromatic heterocycles. The fraction of sp³-hybridized carbons (Fsp3) is 0. The van der Waals surface area contributed by atoms with Crippen molar-refractivity contribution >= 4 is 74.2 Å². The zero-order valence-electron chi connectivity index (χ0n) is 12.7. The maximum absolute atomic E-state index is 4.59. The van der Waals surface area contributed by atoms with Gasteiger partial charge in [-0.3, -0.25) is 0 Å². The van der Waals surface area contributed by atoms with E-state index in [2.05, 4.69) is 20.0 Å². The number of fused-ring (bicyclic) bond motifs is 4. The van der Waals surface area contributed by atoms with Gasteiger partial charge >= 0.3 is 51.4 Å². The van der Waals surface area contributed by atoms with Crippen LogP contribution in [0.2, 0.25) is 0 Å². The van der Waals surface area contributed by atoms with Crippen LogP contribution in [0.5, 0.6) is 0 Å². The van der Waals surface area contributed by atoms with Gasteiger partial charge in [-0.2, -0.15) is 0 Å². The first-order valence-electron chi connectivity index (χ1n) is 7.74. The van der Waals surface area contributed by atoms with Crippen LogP contribution in [0, 0.1) is 0 Å². The third-order valence-electron chi connectivity index (χ3n) is 3.92. The van der Waals surface area contributed by atoms with Crippen LogP contribution >= 0.6 is 0 Å². The van der Waals surface area contributed by atoms with E-state index in [1.54, 1.807) is 0 Å². The first-order chi connectivity index (χ1) is 11.8. The van der Waals surface area contributed by atoms with Crippen molar-refractivity contribution in [1.82, 2.24) is 0 Å². The molecule has 0 N–H and O–H groups in total. The Morgan fingerprint density at radius 3 is 0.840 bits per heavy atom.